The molecule has 0 saturated carbocycles. The van der Waals surface area contributed by atoms with Crippen LogP contribution in [0.15, 0.2) is 42.5 Å². The summed E-state index contributed by atoms with van der Waals surface area (Å²) in [5.74, 6) is 2.06. The second kappa shape index (κ2) is 8.53. The first-order chi connectivity index (χ1) is 13.1. The number of hydrogen-bond donors (Lipinski definition) is 1. The molecule has 142 valence electrons. The number of aromatic amines is 1. The molecule has 0 saturated heterocycles. The fraction of sp³-hybridized carbons (Fsp3) is 0.364. The van der Waals surface area contributed by atoms with E-state index >= 15 is 0 Å². The molecule has 0 aliphatic carbocycles. The average molecular weight is 382 g/mol. The highest BCUT2D eigenvalue weighted by atomic mass is 32.1. The highest BCUT2D eigenvalue weighted by Gasteiger charge is 2.19. The zero-order chi connectivity index (χ0) is 19.4. The lowest BCUT2D eigenvalue weighted by Gasteiger charge is -2.18. The summed E-state index contributed by atoms with van der Waals surface area (Å²) < 4.78 is 8.55. The summed E-state index contributed by atoms with van der Waals surface area (Å²) in [5, 5.41) is 7.50. The van der Waals surface area contributed by atoms with Crippen molar-refractivity contribution in [3.8, 4) is 22.8 Å². The first-order valence-electron chi connectivity index (χ1n) is 9.59. The van der Waals surface area contributed by atoms with E-state index in [9.17, 15) is 0 Å². The maximum atomic E-state index is 6.01. The third-order valence-corrected chi connectivity index (χ3v) is 4.88. The van der Waals surface area contributed by atoms with Gasteiger partial charge < -0.3 is 4.74 Å². The van der Waals surface area contributed by atoms with Crippen LogP contribution < -0.4 is 4.74 Å². The molecular formula is C22H27N3OS. The third-order valence-electron chi connectivity index (χ3n) is 4.61. The van der Waals surface area contributed by atoms with Crippen LogP contribution >= 0.6 is 12.2 Å². The highest BCUT2D eigenvalue weighted by Crippen LogP contribution is 2.36. The summed E-state index contributed by atoms with van der Waals surface area (Å²) in [6, 6.07) is 14.5. The van der Waals surface area contributed by atoms with Gasteiger partial charge in [-0.15, -0.1) is 0 Å². The average Bonchev–Trinajstić information content (AvgIpc) is 3.04. The summed E-state index contributed by atoms with van der Waals surface area (Å²) in [6.07, 6.45) is 2.15. The van der Waals surface area contributed by atoms with Crippen LogP contribution in [-0.2, 0) is 6.42 Å². The van der Waals surface area contributed by atoms with Crippen molar-refractivity contribution in [1.82, 2.24) is 14.8 Å². The molecule has 4 nitrogen and oxygen atoms in total. The van der Waals surface area contributed by atoms with E-state index in [-0.39, 0.29) is 0 Å². The Labute approximate surface area is 166 Å². The Morgan fingerprint density at radius 2 is 1.89 bits per heavy atom. The van der Waals surface area contributed by atoms with Crippen LogP contribution in [0.3, 0.4) is 0 Å². The van der Waals surface area contributed by atoms with E-state index in [1.165, 1.54) is 11.1 Å². The number of aryl methyl sites for hydroxylation is 1. The molecule has 0 atom stereocenters. The van der Waals surface area contributed by atoms with E-state index in [2.05, 4.69) is 43.1 Å². The van der Waals surface area contributed by atoms with E-state index in [0.717, 1.165) is 35.7 Å². The van der Waals surface area contributed by atoms with Gasteiger partial charge in [0.25, 0.3) is 0 Å². The van der Waals surface area contributed by atoms with E-state index in [4.69, 9.17) is 17.0 Å². The second-order valence-corrected chi connectivity index (χ2v) is 7.29. The predicted molar refractivity (Wildman–Crippen MR) is 113 cm³/mol. The van der Waals surface area contributed by atoms with Crippen molar-refractivity contribution in [3.05, 3.63) is 58.4 Å². The van der Waals surface area contributed by atoms with Crippen LogP contribution in [-0.4, -0.2) is 21.4 Å². The maximum Gasteiger partial charge on any atom is 0.200 e. The van der Waals surface area contributed by atoms with Gasteiger partial charge in [0.2, 0.25) is 0 Å². The van der Waals surface area contributed by atoms with Crippen molar-refractivity contribution in [1.29, 1.82) is 0 Å². The largest absolute Gasteiger partial charge is 0.493 e. The Kier molecular flexibility index (Phi) is 6.11. The fourth-order valence-electron chi connectivity index (χ4n) is 3.41. The van der Waals surface area contributed by atoms with E-state index in [1.54, 1.807) is 0 Å². The SMILES string of the molecule is CCCc1cc(OCC)c(-c2n[nH]c(=S)n2-c2ccccc2)cc1C(C)C. The number of rotatable bonds is 7. The van der Waals surface area contributed by atoms with Crippen molar-refractivity contribution in [3.63, 3.8) is 0 Å². The topological polar surface area (TPSA) is 42.8 Å². The molecule has 0 aliphatic heterocycles. The van der Waals surface area contributed by atoms with Gasteiger partial charge in [-0.25, -0.2) is 0 Å². The van der Waals surface area contributed by atoms with Crippen LogP contribution in [0.4, 0.5) is 0 Å². The first kappa shape index (κ1) is 19.4. The Morgan fingerprint density at radius 3 is 2.52 bits per heavy atom. The molecule has 0 fully saturated rings. The molecule has 1 aromatic heterocycles. The number of aromatic nitrogens is 3. The lowest BCUT2D eigenvalue weighted by molar-refractivity contribution is 0.341. The Balaban J connectivity index is 2.25. The lowest BCUT2D eigenvalue weighted by atomic mass is 9.92. The highest BCUT2D eigenvalue weighted by molar-refractivity contribution is 7.71. The van der Waals surface area contributed by atoms with E-state index in [1.807, 2.05) is 41.8 Å². The minimum atomic E-state index is 0.424. The van der Waals surface area contributed by atoms with Crippen molar-refractivity contribution in [2.75, 3.05) is 6.61 Å². The molecule has 5 heteroatoms. The summed E-state index contributed by atoms with van der Waals surface area (Å²) in [7, 11) is 0. The van der Waals surface area contributed by atoms with Gasteiger partial charge in [-0.2, -0.15) is 5.10 Å². The van der Waals surface area contributed by atoms with Crippen LogP contribution in [0.2, 0.25) is 0 Å². The number of nitrogens with one attached hydrogen (secondary N) is 1. The number of benzene rings is 2. The van der Waals surface area contributed by atoms with Crippen molar-refractivity contribution in [2.24, 2.45) is 0 Å². The standard InChI is InChI=1S/C22H27N3OS/c1-5-10-16-13-20(26-6-2)19(14-18(16)15(3)4)21-23-24-22(27)25(21)17-11-8-7-9-12-17/h7-9,11-15H,5-6,10H2,1-4H3,(H,24,27). The van der Waals surface area contributed by atoms with Crippen molar-refractivity contribution in [2.45, 2.75) is 46.5 Å². The lowest BCUT2D eigenvalue weighted by Crippen LogP contribution is -2.04. The quantitative estimate of drug-likeness (QED) is 0.505. The van der Waals surface area contributed by atoms with Gasteiger partial charge in [-0.1, -0.05) is 45.4 Å². The van der Waals surface area contributed by atoms with E-state index in [0.29, 0.717) is 17.3 Å². The van der Waals surface area contributed by atoms with Crippen LogP contribution in [0.5, 0.6) is 5.75 Å². The molecule has 0 spiro atoms. The van der Waals surface area contributed by atoms with Crippen LogP contribution in [0.1, 0.15) is 51.2 Å². The number of ether oxygens (including phenoxy) is 1. The molecule has 0 bridgehead atoms. The molecule has 2 aromatic carbocycles. The smallest absolute Gasteiger partial charge is 0.200 e. The number of H-pyrrole nitrogens is 1. The summed E-state index contributed by atoms with van der Waals surface area (Å²) in [4.78, 5) is 0. The first-order valence-corrected chi connectivity index (χ1v) is 10.00. The van der Waals surface area contributed by atoms with Crippen LogP contribution in [0.25, 0.3) is 17.1 Å². The summed E-state index contributed by atoms with van der Waals surface area (Å²) in [6.45, 7) is 9.28. The van der Waals surface area contributed by atoms with Gasteiger partial charge in [0, 0.05) is 5.69 Å². The van der Waals surface area contributed by atoms with Gasteiger partial charge in [0.05, 0.1) is 12.2 Å². The second-order valence-electron chi connectivity index (χ2n) is 6.91. The third kappa shape index (κ3) is 3.98. The Bertz CT molecular complexity index is 957. The van der Waals surface area contributed by atoms with Crippen molar-refractivity contribution < 1.29 is 4.74 Å². The molecule has 1 N–H and O–H groups in total. The Hall–Kier alpha value is -2.40. The van der Waals surface area contributed by atoms with Gasteiger partial charge in [-0.3, -0.25) is 9.67 Å². The monoisotopic (exact) mass is 381 g/mol. The molecular weight excluding hydrogens is 354 g/mol. The minimum absolute atomic E-state index is 0.424. The van der Waals surface area contributed by atoms with Gasteiger partial charge in [0.1, 0.15) is 5.75 Å². The summed E-state index contributed by atoms with van der Waals surface area (Å²) >= 11 is 5.52. The molecule has 27 heavy (non-hydrogen) atoms. The Morgan fingerprint density at radius 1 is 1.15 bits per heavy atom. The number of nitrogens with zero attached hydrogens (tertiary/aromatic N) is 2. The zero-order valence-corrected chi connectivity index (χ0v) is 17.3. The maximum absolute atomic E-state index is 6.01. The summed E-state index contributed by atoms with van der Waals surface area (Å²) in [5.41, 5.74) is 4.64. The fourth-order valence-corrected chi connectivity index (χ4v) is 3.64. The normalized spacial score (nSPS) is 11.1. The van der Waals surface area contributed by atoms with E-state index < -0.39 is 0 Å². The predicted octanol–water partition coefficient (Wildman–Crippen LogP) is 6.07. The number of hydrogen-bond acceptors (Lipinski definition) is 3. The molecule has 1 heterocycles. The molecule has 0 amide bonds. The molecule has 0 radical (unpaired) electrons. The minimum Gasteiger partial charge on any atom is -0.493 e. The van der Waals surface area contributed by atoms with Gasteiger partial charge >= 0.3 is 0 Å². The van der Waals surface area contributed by atoms with Gasteiger partial charge in [-0.05, 0) is 66.9 Å². The molecule has 0 unspecified atom stereocenters. The van der Waals surface area contributed by atoms with Gasteiger partial charge in [0.15, 0.2) is 10.6 Å². The van der Waals surface area contributed by atoms with Crippen LogP contribution in [0, 0.1) is 4.77 Å². The molecule has 3 rings (SSSR count). The number of para-hydroxylation sites is 1. The zero-order valence-electron chi connectivity index (χ0n) is 16.5. The molecule has 3 aromatic rings. The van der Waals surface area contributed by atoms with Crippen molar-refractivity contribution >= 4 is 12.2 Å². The molecule has 0 aliphatic rings.